The zero-order valence-corrected chi connectivity index (χ0v) is 28.7. The molecule has 1 aromatic heterocycles. The van der Waals surface area contributed by atoms with Crippen LogP contribution in [0.15, 0.2) is 42.5 Å². The molecule has 8 heteroatoms. The van der Waals surface area contributed by atoms with E-state index in [-0.39, 0.29) is 28.8 Å². The van der Waals surface area contributed by atoms with Crippen molar-refractivity contribution in [3.05, 3.63) is 53.9 Å². The summed E-state index contributed by atoms with van der Waals surface area (Å²) in [4.78, 5) is 29.3. The monoisotopic (exact) mass is 598 g/mol. The molecule has 4 atom stereocenters. The minimum Gasteiger partial charge on any atom is -0.478 e. The molecule has 0 saturated carbocycles. The van der Waals surface area contributed by atoms with Gasteiger partial charge in [0.25, 0.3) is 0 Å². The molecular formula is C34H54N2O5Si. The van der Waals surface area contributed by atoms with Gasteiger partial charge in [0.15, 0.2) is 8.32 Å². The number of hydrogen-bond acceptors (Lipinski definition) is 5. The summed E-state index contributed by atoms with van der Waals surface area (Å²) in [5.74, 6) is -0.363. The summed E-state index contributed by atoms with van der Waals surface area (Å²) >= 11 is 0. The molecule has 0 amide bonds. The highest BCUT2D eigenvalue weighted by Gasteiger charge is 2.44. The molecule has 2 aromatic rings. The average Bonchev–Trinajstić information content (AvgIpc) is 3.18. The summed E-state index contributed by atoms with van der Waals surface area (Å²) in [6.07, 6.45) is 9.10. The number of carboxylic acids is 1. The lowest BCUT2D eigenvalue weighted by atomic mass is 9.76. The number of aliphatic hydroxyl groups is 1. The Kier molecular flexibility index (Phi) is 12.1. The third-order valence-electron chi connectivity index (χ3n) is 9.05. The number of nitrogens with zero attached hydrogens (tertiary/aromatic N) is 2. The molecule has 0 aliphatic carbocycles. The maximum atomic E-state index is 13.6. The van der Waals surface area contributed by atoms with Crippen LogP contribution in [0.25, 0.3) is 11.0 Å². The van der Waals surface area contributed by atoms with Crippen molar-refractivity contribution in [1.29, 1.82) is 0 Å². The first-order valence-electron chi connectivity index (χ1n) is 15.2. The summed E-state index contributed by atoms with van der Waals surface area (Å²) in [5.41, 5.74) is 1.91. The molecule has 0 unspecified atom stereocenters. The van der Waals surface area contributed by atoms with E-state index in [2.05, 4.69) is 51.8 Å². The third-order valence-corrected chi connectivity index (χ3v) is 13.5. The maximum Gasteiger partial charge on any atom is 0.328 e. The molecule has 42 heavy (non-hydrogen) atoms. The van der Waals surface area contributed by atoms with E-state index in [1.54, 1.807) is 13.8 Å². The molecule has 0 saturated heterocycles. The van der Waals surface area contributed by atoms with Crippen LogP contribution in [0.2, 0.25) is 18.1 Å². The molecule has 2 rings (SSSR count). The number of aryl methyl sites for hydroxylation is 2. The van der Waals surface area contributed by atoms with Crippen LogP contribution in [0.4, 0.5) is 0 Å². The predicted octanol–water partition coefficient (Wildman–Crippen LogP) is 7.93. The third kappa shape index (κ3) is 9.22. The minimum atomic E-state index is -2.17. The Morgan fingerprint density at radius 3 is 2.36 bits per heavy atom. The Balaban J connectivity index is 2.04. The van der Waals surface area contributed by atoms with Crippen molar-refractivity contribution in [2.45, 2.75) is 111 Å². The summed E-state index contributed by atoms with van der Waals surface area (Å²) in [6, 6.07) is 5.94. The number of hydrogen-bond donors (Lipinski definition) is 2. The van der Waals surface area contributed by atoms with Gasteiger partial charge in [-0.1, -0.05) is 58.9 Å². The number of carbonyl (C=O) groups excluding carboxylic acids is 1. The van der Waals surface area contributed by atoms with Crippen LogP contribution in [-0.4, -0.2) is 45.9 Å². The van der Waals surface area contributed by atoms with Crippen LogP contribution >= 0.6 is 0 Å². The van der Waals surface area contributed by atoms with Crippen LogP contribution in [0, 0.1) is 24.2 Å². The number of aliphatic hydroxyl groups excluding tert-OH is 1. The summed E-state index contributed by atoms with van der Waals surface area (Å²) in [6.45, 7) is 20.6. The van der Waals surface area contributed by atoms with Crippen LogP contribution < -0.4 is 0 Å². The highest BCUT2D eigenvalue weighted by molar-refractivity contribution is 6.74. The second-order valence-corrected chi connectivity index (χ2v) is 18.7. The number of benzene rings is 1. The van der Waals surface area contributed by atoms with Crippen LogP contribution in [-0.2, 0) is 21.1 Å². The normalized spacial score (nSPS) is 16.3. The quantitative estimate of drug-likeness (QED) is 0.0934. The van der Waals surface area contributed by atoms with Crippen molar-refractivity contribution >= 4 is 31.1 Å². The van der Waals surface area contributed by atoms with Crippen LogP contribution in [0.5, 0.6) is 0 Å². The van der Waals surface area contributed by atoms with Gasteiger partial charge >= 0.3 is 5.97 Å². The van der Waals surface area contributed by atoms with Crippen molar-refractivity contribution in [2.24, 2.45) is 24.3 Å². The van der Waals surface area contributed by atoms with E-state index in [4.69, 9.17) is 9.53 Å². The van der Waals surface area contributed by atoms with Gasteiger partial charge in [-0.05, 0) is 88.2 Å². The SMILES string of the molecule is Cc1nc2cc([C@@H](O)C/C=C/CCC[C@H](C)[C@H](O[Si](C)(C)C(C)(C)C)[C@@H](C)C(=O)C(C)(C)/C=C/C(=O)O)ccc2n1C. The maximum absolute atomic E-state index is 13.6. The van der Waals surface area contributed by atoms with Crippen molar-refractivity contribution in [2.75, 3.05) is 0 Å². The Morgan fingerprint density at radius 2 is 1.76 bits per heavy atom. The topological polar surface area (TPSA) is 102 Å². The van der Waals surface area contributed by atoms with Gasteiger partial charge in [-0.2, -0.15) is 0 Å². The number of allylic oxidation sites excluding steroid dienone is 2. The lowest BCUT2D eigenvalue weighted by molar-refractivity contribution is -0.132. The molecule has 1 heterocycles. The number of carboxylic acid groups (broad SMARTS) is 1. The molecule has 0 radical (unpaired) electrons. The van der Waals surface area contributed by atoms with Gasteiger partial charge in [0, 0.05) is 24.5 Å². The van der Waals surface area contributed by atoms with E-state index in [9.17, 15) is 14.7 Å². The second kappa shape index (κ2) is 14.3. The van der Waals surface area contributed by atoms with Gasteiger partial charge < -0.3 is 19.2 Å². The fourth-order valence-corrected chi connectivity index (χ4v) is 6.54. The number of ketones is 1. The summed E-state index contributed by atoms with van der Waals surface area (Å²) in [5, 5.41) is 19.8. The zero-order chi connectivity index (χ0) is 32.0. The molecule has 0 fully saturated rings. The van der Waals surface area contributed by atoms with Gasteiger partial charge in [-0.15, -0.1) is 0 Å². The van der Waals surface area contributed by atoms with Crippen molar-refractivity contribution in [3.8, 4) is 0 Å². The number of aromatic nitrogens is 2. The summed E-state index contributed by atoms with van der Waals surface area (Å²) < 4.78 is 8.93. The highest BCUT2D eigenvalue weighted by atomic mass is 28.4. The van der Waals surface area contributed by atoms with Crippen molar-refractivity contribution in [1.82, 2.24) is 9.55 Å². The van der Waals surface area contributed by atoms with Crippen LogP contribution in [0.3, 0.4) is 0 Å². The fraction of sp³-hybridized carbons (Fsp3) is 0.618. The molecular weight excluding hydrogens is 544 g/mol. The number of aliphatic carboxylic acids is 1. The van der Waals surface area contributed by atoms with E-state index in [0.29, 0.717) is 6.42 Å². The molecule has 1 aromatic carbocycles. The van der Waals surface area contributed by atoms with E-state index >= 15 is 0 Å². The largest absolute Gasteiger partial charge is 0.478 e. The lowest BCUT2D eigenvalue weighted by Crippen LogP contribution is -2.49. The van der Waals surface area contributed by atoms with Gasteiger partial charge in [0.2, 0.25) is 0 Å². The first-order chi connectivity index (χ1) is 19.3. The zero-order valence-electron chi connectivity index (χ0n) is 27.7. The molecule has 0 spiro atoms. The van der Waals surface area contributed by atoms with Crippen molar-refractivity contribution < 1.29 is 24.2 Å². The number of imidazole rings is 1. The molecule has 0 aliphatic rings. The van der Waals surface area contributed by atoms with Gasteiger partial charge in [-0.25, -0.2) is 9.78 Å². The van der Waals surface area contributed by atoms with E-state index in [1.807, 2.05) is 49.7 Å². The molecule has 7 nitrogen and oxygen atoms in total. The second-order valence-electron chi connectivity index (χ2n) is 14.0. The lowest BCUT2D eigenvalue weighted by Gasteiger charge is -2.43. The van der Waals surface area contributed by atoms with E-state index in [0.717, 1.165) is 47.8 Å². The first-order valence-corrected chi connectivity index (χ1v) is 18.1. The first kappa shape index (κ1) is 35.6. The van der Waals surface area contributed by atoms with E-state index in [1.165, 1.54) is 6.08 Å². The average molecular weight is 599 g/mol. The number of rotatable bonds is 15. The Morgan fingerprint density at radius 1 is 1.12 bits per heavy atom. The molecule has 2 N–H and O–H groups in total. The Labute approximate surface area is 254 Å². The van der Waals surface area contributed by atoms with Crippen molar-refractivity contribution in [3.63, 3.8) is 0 Å². The molecule has 0 bridgehead atoms. The predicted molar refractivity (Wildman–Crippen MR) is 174 cm³/mol. The summed E-state index contributed by atoms with van der Waals surface area (Å²) in [7, 11) is -0.180. The van der Waals surface area contributed by atoms with Gasteiger partial charge in [0.05, 0.1) is 23.2 Å². The fourth-order valence-electron chi connectivity index (χ4n) is 5.07. The Bertz CT molecular complexity index is 1280. The Hall–Kier alpha value is -2.55. The highest BCUT2D eigenvalue weighted by Crippen LogP contribution is 2.41. The number of carbonyl (C=O) groups is 2. The number of fused-ring (bicyclic) bond motifs is 1. The van der Waals surface area contributed by atoms with Gasteiger partial charge in [-0.3, -0.25) is 4.79 Å². The van der Waals surface area contributed by atoms with E-state index < -0.39 is 25.8 Å². The molecule has 234 valence electrons. The smallest absolute Gasteiger partial charge is 0.328 e. The molecule has 0 aliphatic heterocycles. The van der Waals surface area contributed by atoms with Crippen LogP contribution in [0.1, 0.15) is 91.6 Å². The van der Waals surface area contributed by atoms with Gasteiger partial charge in [0.1, 0.15) is 11.6 Å². The number of Topliss-reactive ketones (excluding diaryl/α,β-unsaturated/α-hetero) is 1. The standard InChI is InChI=1S/C34H54N2O5Si/c1-23(16-14-12-13-15-17-29(37)26-18-19-28-27(22-26)35-25(3)36(28)9)31(41-42(10,11)33(4,5)6)24(2)32(40)34(7,8)21-20-30(38)39/h13,15,18-24,29,31,37H,12,14,16-17H2,1-11H3,(H,38,39)/b15-13+,21-20+/t23-,24+,29-,31-/m0/s1. The number of unbranched alkanes of at least 4 members (excludes halogenated alkanes) is 1. The minimum absolute atomic E-state index is 0.00400.